The number of esters is 1. The number of thiazole rings is 1. The minimum Gasteiger partial charge on any atom is -0.465 e. The number of carbonyl (C=O) groups excluding carboxylic acids is 2. The van der Waals surface area contributed by atoms with E-state index in [1.54, 1.807) is 35.6 Å². The highest BCUT2D eigenvalue weighted by molar-refractivity contribution is 7.22. The molecule has 0 radical (unpaired) electrons. The van der Waals surface area contributed by atoms with Gasteiger partial charge in [-0.05, 0) is 36.6 Å². The summed E-state index contributed by atoms with van der Waals surface area (Å²) in [5.74, 6) is -0.685. The predicted octanol–water partition coefficient (Wildman–Crippen LogP) is 4.22. The zero-order chi connectivity index (χ0) is 17.1. The van der Waals surface area contributed by atoms with Gasteiger partial charge in [0.15, 0.2) is 0 Å². The standard InChI is InChI=1S/C17H14N2O3S2/c1-10-14(24-16(18-10)13-7-4-8-23-13)15(20)19-12-6-3-5-11(9-12)17(21)22-2/h3-9H,1-2H3,(H,19,20). The molecule has 0 saturated carbocycles. The van der Waals surface area contributed by atoms with E-state index in [1.807, 2.05) is 24.4 Å². The van der Waals surface area contributed by atoms with Crippen molar-refractivity contribution in [2.75, 3.05) is 12.4 Å². The Labute approximate surface area is 146 Å². The molecule has 0 saturated heterocycles. The maximum Gasteiger partial charge on any atom is 0.337 e. The molecular formula is C17H14N2O3S2. The number of thiophene rings is 1. The van der Waals surface area contributed by atoms with E-state index in [0.29, 0.717) is 21.8 Å². The fourth-order valence-electron chi connectivity index (χ4n) is 2.14. The molecule has 1 amide bonds. The molecule has 0 atom stereocenters. The molecule has 122 valence electrons. The largest absolute Gasteiger partial charge is 0.465 e. The average Bonchev–Trinajstić information content (AvgIpc) is 3.23. The van der Waals surface area contributed by atoms with Crippen LogP contribution >= 0.6 is 22.7 Å². The summed E-state index contributed by atoms with van der Waals surface area (Å²) in [5, 5.41) is 5.61. The van der Waals surface area contributed by atoms with Crippen molar-refractivity contribution in [2.24, 2.45) is 0 Å². The molecule has 0 bridgehead atoms. The minimum absolute atomic E-state index is 0.241. The number of aryl methyl sites for hydroxylation is 1. The highest BCUT2D eigenvalue weighted by atomic mass is 32.1. The van der Waals surface area contributed by atoms with Gasteiger partial charge in [0, 0.05) is 5.69 Å². The molecule has 7 heteroatoms. The smallest absolute Gasteiger partial charge is 0.337 e. The summed E-state index contributed by atoms with van der Waals surface area (Å²) >= 11 is 2.94. The number of amides is 1. The summed E-state index contributed by atoms with van der Waals surface area (Å²) < 4.78 is 4.69. The number of ether oxygens (including phenoxy) is 1. The molecule has 0 aliphatic heterocycles. The van der Waals surface area contributed by atoms with Gasteiger partial charge in [-0.25, -0.2) is 9.78 Å². The van der Waals surface area contributed by atoms with Gasteiger partial charge >= 0.3 is 5.97 Å². The number of methoxy groups -OCH3 is 1. The van der Waals surface area contributed by atoms with E-state index in [-0.39, 0.29) is 5.91 Å². The third-order valence-corrected chi connectivity index (χ3v) is 5.47. The molecular weight excluding hydrogens is 344 g/mol. The summed E-state index contributed by atoms with van der Waals surface area (Å²) in [6, 6.07) is 10.6. The number of rotatable bonds is 4. The maximum absolute atomic E-state index is 12.5. The van der Waals surface area contributed by atoms with E-state index in [0.717, 1.165) is 9.88 Å². The molecule has 5 nitrogen and oxygen atoms in total. The van der Waals surface area contributed by atoms with Crippen LogP contribution in [0.3, 0.4) is 0 Å². The lowest BCUT2D eigenvalue weighted by Crippen LogP contribution is -2.12. The average molecular weight is 358 g/mol. The van der Waals surface area contributed by atoms with Crippen LogP contribution in [-0.4, -0.2) is 24.0 Å². The molecule has 2 aromatic heterocycles. The molecule has 3 rings (SSSR count). The monoisotopic (exact) mass is 358 g/mol. The van der Waals surface area contributed by atoms with Crippen LogP contribution in [0, 0.1) is 6.92 Å². The van der Waals surface area contributed by atoms with Gasteiger partial charge in [0.25, 0.3) is 5.91 Å². The van der Waals surface area contributed by atoms with Crippen LogP contribution in [0.25, 0.3) is 9.88 Å². The van der Waals surface area contributed by atoms with Crippen LogP contribution in [0.4, 0.5) is 5.69 Å². The number of nitrogens with zero attached hydrogens (tertiary/aromatic N) is 1. The Morgan fingerprint density at radius 2 is 2.04 bits per heavy atom. The number of hydrogen-bond donors (Lipinski definition) is 1. The number of aromatic nitrogens is 1. The molecule has 0 unspecified atom stereocenters. The van der Waals surface area contributed by atoms with E-state index in [9.17, 15) is 9.59 Å². The van der Waals surface area contributed by atoms with Crippen molar-refractivity contribution in [1.82, 2.24) is 4.98 Å². The molecule has 0 fully saturated rings. The highest BCUT2D eigenvalue weighted by Gasteiger charge is 2.17. The molecule has 1 aromatic carbocycles. The first kappa shape index (κ1) is 16.4. The summed E-state index contributed by atoms with van der Waals surface area (Å²) in [5.41, 5.74) is 1.61. The van der Waals surface area contributed by atoms with Crippen molar-refractivity contribution in [3.8, 4) is 9.88 Å². The fraction of sp³-hybridized carbons (Fsp3) is 0.118. The Bertz CT molecular complexity index is 885. The van der Waals surface area contributed by atoms with E-state index in [1.165, 1.54) is 18.4 Å². The zero-order valence-corrected chi connectivity index (χ0v) is 14.7. The third-order valence-electron chi connectivity index (χ3n) is 3.28. The van der Waals surface area contributed by atoms with Gasteiger partial charge in [-0.3, -0.25) is 4.79 Å². The topological polar surface area (TPSA) is 68.3 Å². The first-order valence-electron chi connectivity index (χ1n) is 7.09. The zero-order valence-electron chi connectivity index (χ0n) is 13.0. The second kappa shape index (κ2) is 6.94. The quantitative estimate of drug-likeness (QED) is 0.709. The van der Waals surface area contributed by atoms with Gasteiger partial charge in [-0.2, -0.15) is 0 Å². The van der Waals surface area contributed by atoms with Gasteiger partial charge in [0.1, 0.15) is 9.88 Å². The lowest BCUT2D eigenvalue weighted by atomic mass is 10.2. The van der Waals surface area contributed by atoms with Crippen LogP contribution < -0.4 is 5.32 Å². The van der Waals surface area contributed by atoms with Crippen molar-refractivity contribution < 1.29 is 14.3 Å². The Morgan fingerprint density at radius 1 is 1.21 bits per heavy atom. The Hall–Kier alpha value is -2.51. The number of carbonyl (C=O) groups is 2. The Balaban J connectivity index is 1.82. The SMILES string of the molecule is COC(=O)c1cccc(NC(=O)c2sc(-c3cccs3)nc2C)c1. The Morgan fingerprint density at radius 3 is 2.75 bits per heavy atom. The van der Waals surface area contributed by atoms with Crippen LogP contribution in [0.2, 0.25) is 0 Å². The van der Waals surface area contributed by atoms with Crippen LogP contribution in [0.5, 0.6) is 0 Å². The summed E-state index contributed by atoms with van der Waals surface area (Å²) in [7, 11) is 1.32. The molecule has 0 aliphatic carbocycles. The van der Waals surface area contributed by atoms with Crippen LogP contribution in [-0.2, 0) is 4.74 Å². The molecule has 0 aliphatic rings. The van der Waals surface area contributed by atoms with Crippen molar-refractivity contribution in [1.29, 1.82) is 0 Å². The molecule has 0 spiro atoms. The number of nitrogens with one attached hydrogen (secondary N) is 1. The van der Waals surface area contributed by atoms with Crippen molar-refractivity contribution in [3.05, 3.63) is 57.9 Å². The van der Waals surface area contributed by atoms with Gasteiger partial charge < -0.3 is 10.1 Å². The van der Waals surface area contributed by atoms with E-state index >= 15 is 0 Å². The molecule has 3 aromatic rings. The number of hydrogen-bond acceptors (Lipinski definition) is 6. The molecule has 2 heterocycles. The Kier molecular flexibility index (Phi) is 4.73. The van der Waals surface area contributed by atoms with Crippen molar-refractivity contribution >= 4 is 40.2 Å². The molecule has 1 N–H and O–H groups in total. The second-order valence-electron chi connectivity index (χ2n) is 4.94. The first-order valence-corrected chi connectivity index (χ1v) is 8.79. The third kappa shape index (κ3) is 3.37. The van der Waals surface area contributed by atoms with Crippen molar-refractivity contribution in [3.63, 3.8) is 0 Å². The van der Waals surface area contributed by atoms with Crippen LogP contribution in [0.1, 0.15) is 25.7 Å². The predicted molar refractivity (Wildman–Crippen MR) is 95.9 cm³/mol. The van der Waals surface area contributed by atoms with E-state index < -0.39 is 5.97 Å². The highest BCUT2D eigenvalue weighted by Crippen LogP contribution is 2.31. The fourth-order valence-corrected chi connectivity index (χ4v) is 3.90. The summed E-state index contributed by atoms with van der Waals surface area (Å²) in [6.45, 7) is 1.81. The van der Waals surface area contributed by atoms with E-state index in [4.69, 9.17) is 0 Å². The van der Waals surface area contributed by atoms with Gasteiger partial charge in [0.05, 0.1) is 23.2 Å². The first-order chi connectivity index (χ1) is 11.6. The summed E-state index contributed by atoms with van der Waals surface area (Å²) in [6.07, 6.45) is 0. The van der Waals surface area contributed by atoms with E-state index in [2.05, 4.69) is 15.0 Å². The number of anilines is 1. The minimum atomic E-state index is -0.444. The lowest BCUT2D eigenvalue weighted by Gasteiger charge is -2.06. The van der Waals surface area contributed by atoms with Gasteiger partial charge in [-0.1, -0.05) is 12.1 Å². The number of benzene rings is 1. The second-order valence-corrected chi connectivity index (χ2v) is 6.88. The van der Waals surface area contributed by atoms with Gasteiger partial charge in [-0.15, -0.1) is 22.7 Å². The normalized spacial score (nSPS) is 10.4. The van der Waals surface area contributed by atoms with Gasteiger partial charge in [0.2, 0.25) is 0 Å². The maximum atomic E-state index is 12.5. The van der Waals surface area contributed by atoms with Crippen LogP contribution in [0.15, 0.2) is 41.8 Å². The summed E-state index contributed by atoms with van der Waals surface area (Å²) in [4.78, 5) is 30.1. The van der Waals surface area contributed by atoms with Crippen molar-refractivity contribution in [2.45, 2.75) is 6.92 Å². The lowest BCUT2D eigenvalue weighted by molar-refractivity contribution is 0.0600. The molecule has 24 heavy (non-hydrogen) atoms.